The first kappa shape index (κ1) is 37.0. The Kier molecular flexibility index (Phi) is 30.5. The van der Waals surface area contributed by atoms with Crippen LogP contribution in [0.3, 0.4) is 0 Å². The van der Waals surface area contributed by atoms with Crippen LogP contribution in [0, 0.1) is 17.8 Å². The van der Waals surface area contributed by atoms with E-state index in [2.05, 4.69) is 34.6 Å². The van der Waals surface area contributed by atoms with Gasteiger partial charge in [0.1, 0.15) is 0 Å². The van der Waals surface area contributed by atoms with Crippen LogP contribution in [0.2, 0.25) is 0 Å². The largest absolute Gasteiger partial charge is 0.0654 e. The van der Waals surface area contributed by atoms with E-state index < -0.39 is 0 Å². The molecule has 0 spiro atoms. The van der Waals surface area contributed by atoms with Crippen molar-refractivity contribution in [3.05, 3.63) is 0 Å². The molecule has 0 aromatic carbocycles. The maximum absolute atomic E-state index is 2.51. The molecule has 3 atom stereocenters. The molecular formula is C37H76. The second-order valence-corrected chi connectivity index (χ2v) is 13.5. The molecule has 0 saturated heterocycles. The van der Waals surface area contributed by atoms with Crippen LogP contribution in [0.15, 0.2) is 0 Å². The van der Waals surface area contributed by atoms with E-state index in [-0.39, 0.29) is 0 Å². The third kappa shape index (κ3) is 30.4. The molecule has 0 aromatic heterocycles. The molecule has 0 aromatic rings. The Balaban J connectivity index is 3.25. The van der Waals surface area contributed by atoms with Crippen LogP contribution in [-0.4, -0.2) is 0 Å². The summed E-state index contributed by atoms with van der Waals surface area (Å²) in [5.74, 6) is 2.86. The van der Waals surface area contributed by atoms with Crippen LogP contribution in [0.5, 0.6) is 0 Å². The van der Waals surface area contributed by atoms with Crippen LogP contribution in [0.1, 0.15) is 221 Å². The summed E-state index contributed by atoms with van der Waals surface area (Å²) in [6.45, 7) is 12.1. The maximum atomic E-state index is 2.51. The summed E-state index contributed by atoms with van der Waals surface area (Å²) >= 11 is 0. The molecule has 0 heteroatoms. The van der Waals surface area contributed by atoms with Gasteiger partial charge in [0.2, 0.25) is 0 Å². The third-order valence-electron chi connectivity index (χ3n) is 9.12. The van der Waals surface area contributed by atoms with Crippen molar-refractivity contribution in [3.8, 4) is 0 Å². The van der Waals surface area contributed by atoms with Gasteiger partial charge in [-0.15, -0.1) is 0 Å². The van der Waals surface area contributed by atoms with Gasteiger partial charge in [0.15, 0.2) is 0 Å². The highest BCUT2D eigenvalue weighted by Gasteiger charge is 2.06. The SMILES string of the molecule is CCCCCCCCCCCCCCCCCCC(C)CCCCCCCC(C)CCCC(C)CCC. The zero-order valence-corrected chi connectivity index (χ0v) is 27.2. The van der Waals surface area contributed by atoms with E-state index in [4.69, 9.17) is 0 Å². The van der Waals surface area contributed by atoms with E-state index >= 15 is 0 Å². The fourth-order valence-electron chi connectivity index (χ4n) is 6.30. The summed E-state index contributed by atoms with van der Waals surface area (Å²) < 4.78 is 0. The Morgan fingerprint density at radius 2 is 0.486 bits per heavy atom. The first-order valence-corrected chi connectivity index (χ1v) is 18.1. The van der Waals surface area contributed by atoms with Gasteiger partial charge in [0, 0.05) is 0 Å². The minimum absolute atomic E-state index is 0.948. The average molecular weight is 521 g/mol. The average Bonchev–Trinajstić information content (AvgIpc) is 2.88. The van der Waals surface area contributed by atoms with Gasteiger partial charge in [-0.05, 0) is 17.8 Å². The highest BCUT2D eigenvalue weighted by molar-refractivity contribution is 4.59. The van der Waals surface area contributed by atoms with Crippen molar-refractivity contribution in [2.24, 2.45) is 17.8 Å². The molecule has 0 fully saturated rings. The molecule has 3 unspecified atom stereocenters. The van der Waals surface area contributed by atoms with Crippen molar-refractivity contribution in [1.82, 2.24) is 0 Å². The molecule has 224 valence electrons. The molecule has 0 rings (SSSR count). The predicted molar refractivity (Wildman–Crippen MR) is 173 cm³/mol. The summed E-state index contributed by atoms with van der Waals surface area (Å²) in [6, 6.07) is 0. The predicted octanol–water partition coefficient (Wildman–Crippen LogP) is 14.2. The fourth-order valence-corrected chi connectivity index (χ4v) is 6.30. The van der Waals surface area contributed by atoms with Gasteiger partial charge in [0.05, 0.1) is 0 Å². The maximum Gasteiger partial charge on any atom is -0.0443 e. The molecule has 0 radical (unpaired) electrons. The summed E-state index contributed by atoms with van der Waals surface area (Å²) in [6.07, 6.45) is 42.6. The number of rotatable bonds is 31. The van der Waals surface area contributed by atoms with Gasteiger partial charge >= 0.3 is 0 Å². The summed E-state index contributed by atoms with van der Waals surface area (Å²) in [5, 5.41) is 0. The first-order valence-electron chi connectivity index (χ1n) is 18.1. The molecule has 0 aliphatic heterocycles. The highest BCUT2D eigenvalue weighted by Crippen LogP contribution is 2.22. The number of unbranched alkanes of at least 4 members (excludes halogenated alkanes) is 19. The fraction of sp³-hybridized carbons (Fsp3) is 1.00. The molecule has 0 bridgehead atoms. The van der Waals surface area contributed by atoms with Gasteiger partial charge in [0.25, 0.3) is 0 Å². The Morgan fingerprint density at radius 3 is 0.784 bits per heavy atom. The molecule has 0 aliphatic rings. The van der Waals surface area contributed by atoms with Crippen molar-refractivity contribution in [2.45, 2.75) is 221 Å². The topological polar surface area (TPSA) is 0 Å². The number of hydrogen-bond donors (Lipinski definition) is 0. The molecular weight excluding hydrogens is 444 g/mol. The monoisotopic (exact) mass is 521 g/mol. The molecule has 0 amide bonds. The Bertz CT molecular complexity index is 399. The van der Waals surface area contributed by atoms with Gasteiger partial charge in [-0.1, -0.05) is 221 Å². The lowest BCUT2D eigenvalue weighted by Gasteiger charge is -2.14. The van der Waals surface area contributed by atoms with E-state index in [1.807, 2.05) is 0 Å². The van der Waals surface area contributed by atoms with Crippen molar-refractivity contribution < 1.29 is 0 Å². The summed E-state index contributed by atoms with van der Waals surface area (Å²) in [5.41, 5.74) is 0. The first-order chi connectivity index (χ1) is 18.1. The Hall–Kier alpha value is 0. The zero-order chi connectivity index (χ0) is 27.2. The van der Waals surface area contributed by atoms with E-state index in [1.165, 1.54) is 186 Å². The smallest absolute Gasteiger partial charge is 0.0443 e. The van der Waals surface area contributed by atoms with Gasteiger partial charge in [-0.2, -0.15) is 0 Å². The highest BCUT2D eigenvalue weighted by atomic mass is 14.1. The van der Waals surface area contributed by atoms with Gasteiger partial charge in [-0.3, -0.25) is 0 Å². The second kappa shape index (κ2) is 30.5. The van der Waals surface area contributed by atoms with Crippen LogP contribution in [0.4, 0.5) is 0 Å². The van der Waals surface area contributed by atoms with Crippen LogP contribution in [0.25, 0.3) is 0 Å². The minimum Gasteiger partial charge on any atom is -0.0654 e. The molecule has 0 nitrogen and oxygen atoms in total. The lowest BCUT2D eigenvalue weighted by Crippen LogP contribution is -1.99. The third-order valence-corrected chi connectivity index (χ3v) is 9.12. The Labute approximate surface area is 238 Å². The number of hydrogen-bond acceptors (Lipinski definition) is 0. The second-order valence-electron chi connectivity index (χ2n) is 13.5. The zero-order valence-electron chi connectivity index (χ0n) is 27.2. The van der Waals surface area contributed by atoms with Gasteiger partial charge < -0.3 is 0 Å². The standard InChI is InChI=1S/C37H76/c1-6-8-9-10-11-12-13-14-15-16-17-18-19-20-22-25-30-36(4)31-26-23-21-24-27-32-37(5)34-28-33-35(3)29-7-2/h35-37H,6-34H2,1-5H3. The lowest BCUT2D eigenvalue weighted by atomic mass is 9.92. The molecule has 0 saturated carbocycles. The molecule has 0 N–H and O–H groups in total. The Morgan fingerprint density at radius 1 is 0.243 bits per heavy atom. The van der Waals surface area contributed by atoms with Gasteiger partial charge in [-0.25, -0.2) is 0 Å². The quantitative estimate of drug-likeness (QED) is 0.0797. The van der Waals surface area contributed by atoms with E-state index in [9.17, 15) is 0 Å². The van der Waals surface area contributed by atoms with Crippen LogP contribution >= 0.6 is 0 Å². The van der Waals surface area contributed by atoms with E-state index in [1.54, 1.807) is 0 Å². The molecule has 0 aliphatic carbocycles. The normalized spacial score (nSPS) is 14.2. The van der Waals surface area contributed by atoms with Crippen LogP contribution in [-0.2, 0) is 0 Å². The lowest BCUT2D eigenvalue weighted by molar-refractivity contribution is 0.395. The van der Waals surface area contributed by atoms with E-state index in [0.717, 1.165) is 17.8 Å². The van der Waals surface area contributed by atoms with E-state index in [0.29, 0.717) is 0 Å². The summed E-state index contributed by atoms with van der Waals surface area (Å²) in [7, 11) is 0. The van der Waals surface area contributed by atoms with Crippen molar-refractivity contribution in [1.29, 1.82) is 0 Å². The molecule has 0 heterocycles. The van der Waals surface area contributed by atoms with Crippen molar-refractivity contribution >= 4 is 0 Å². The van der Waals surface area contributed by atoms with Crippen molar-refractivity contribution in [3.63, 3.8) is 0 Å². The molecule has 37 heavy (non-hydrogen) atoms. The minimum atomic E-state index is 0.948. The van der Waals surface area contributed by atoms with Crippen LogP contribution < -0.4 is 0 Å². The van der Waals surface area contributed by atoms with Crippen molar-refractivity contribution in [2.75, 3.05) is 0 Å². The summed E-state index contributed by atoms with van der Waals surface area (Å²) in [4.78, 5) is 0.